The minimum Gasteiger partial charge on any atom is -0.465 e. The van der Waals surface area contributed by atoms with Crippen LogP contribution in [0.3, 0.4) is 0 Å². The Hall–Kier alpha value is -1.06. The van der Waals surface area contributed by atoms with Gasteiger partial charge in [-0.25, -0.2) is 0 Å². The average Bonchev–Trinajstić information content (AvgIpc) is 2.88. The molecule has 0 radical (unpaired) electrons. The van der Waals surface area contributed by atoms with Gasteiger partial charge in [-0.15, -0.1) is 0 Å². The van der Waals surface area contributed by atoms with E-state index in [9.17, 15) is 9.59 Å². The number of carbonyl (C=O) groups excluding carboxylic acids is 2. The number of unbranched alkanes of at least 4 members (excludes halogenated alkanes) is 7. The van der Waals surface area contributed by atoms with Crippen molar-refractivity contribution < 1.29 is 14.3 Å². The molecule has 0 spiro atoms. The third-order valence-corrected chi connectivity index (χ3v) is 4.32. The molecular weight excluding hydrogens is 278 g/mol. The first-order chi connectivity index (χ1) is 10.7. The fourth-order valence-corrected chi connectivity index (χ4v) is 2.87. The summed E-state index contributed by atoms with van der Waals surface area (Å²) in [4.78, 5) is 25.7. The molecule has 0 aromatic heterocycles. The standard InChI is InChI=1S/C18H33NO3/c1-3-5-7-8-9-11-13-22-18(21)16-14-17(20)19(15-16)12-10-6-4-2/h16H,3-15H2,1-2H3. The first-order valence-corrected chi connectivity index (χ1v) is 9.13. The summed E-state index contributed by atoms with van der Waals surface area (Å²) in [7, 11) is 0. The van der Waals surface area contributed by atoms with Crippen LogP contribution in [0.25, 0.3) is 0 Å². The molecule has 0 bridgehead atoms. The third kappa shape index (κ3) is 7.28. The van der Waals surface area contributed by atoms with Gasteiger partial charge in [0.05, 0.1) is 12.5 Å². The number of hydrogen-bond acceptors (Lipinski definition) is 3. The molecule has 1 heterocycles. The van der Waals surface area contributed by atoms with Crippen molar-refractivity contribution >= 4 is 11.9 Å². The lowest BCUT2D eigenvalue weighted by Gasteiger charge is -2.16. The summed E-state index contributed by atoms with van der Waals surface area (Å²) in [5.74, 6) is -0.313. The van der Waals surface area contributed by atoms with Gasteiger partial charge in [0, 0.05) is 19.5 Å². The van der Waals surface area contributed by atoms with E-state index < -0.39 is 0 Å². The predicted octanol–water partition coefficient (Wildman–Crippen LogP) is 3.93. The molecule has 1 fully saturated rings. The van der Waals surface area contributed by atoms with Crippen molar-refractivity contribution in [1.82, 2.24) is 4.90 Å². The summed E-state index contributed by atoms with van der Waals surface area (Å²) in [6.07, 6.45) is 10.7. The highest BCUT2D eigenvalue weighted by atomic mass is 16.5. The van der Waals surface area contributed by atoms with Crippen LogP contribution in [0.15, 0.2) is 0 Å². The Bertz CT molecular complexity index is 330. The normalized spacial score (nSPS) is 18.0. The summed E-state index contributed by atoms with van der Waals surface area (Å²) in [5.41, 5.74) is 0. The molecule has 4 nitrogen and oxygen atoms in total. The van der Waals surface area contributed by atoms with Gasteiger partial charge in [-0.1, -0.05) is 58.8 Å². The number of hydrogen-bond donors (Lipinski definition) is 0. The van der Waals surface area contributed by atoms with E-state index in [2.05, 4.69) is 13.8 Å². The lowest BCUT2D eigenvalue weighted by Crippen LogP contribution is -2.27. The minimum absolute atomic E-state index is 0.109. The van der Waals surface area contributed by atoms with Gasteiger partial charge in [0.1, 0.15) is 0 Å². The predicted molar refractivity (Wildman–Crippen MR) is 88.5 cm³/mol. The van der Waals surface area contributed by atoms with Crippen LogP contribution in [0.1, 0.15) is 78.1 Å². The molecule has 1 amide bonds. The SMILES string of the molecule is CCCCCCCCOC(=O)C1CC(=O)N(CCCCC)C1. The lowest BCUT2D eigenvalue weighted by molar-refractivity contribution is -0.148. The van der Waals surface area contributed by atoms with Crippen molar-refractivity contribution in [2.45, 2.75) is 78.1 Å². The van der Waals surface area contributed by atoms with Gasteiger partial charge in [0.2, 0.25) is 5.91 Å². The van der Waals surface area contributed by atoms with Crippen LogP contribution in [0.2, 0.25) is 0 Å². The zero-order valence-corrected chi connectivity index (χ0v) is 14.4. The van der Waals surface area contributed by atoms with Gasteiger partial charge in [0.15, 0.2) is 0 Å². The van der Waals surface area contributed by atoms with Gasteiger partial charge < -0.3 is 9.64 Å². The Labute approximate surface area is 135 Å². The van der Waals surface area contributed by atoms with Crippen LogP contribution in [-0.4, -0.2) is 36.5 Å². The fourth-order valence-electron chi connectivity index (χ4n) is 2.87. The van der Waals surface area contributed by atoms with Gasteiger partial charge in [0.25, 0.3) is 0 Å². The van der Waals surface area contributed by atoms with Crippen LogP contribution in [0.4, 0.5) is 0 Å². The van der Waals surface area contributed by atoms with Gasteiger partial charge >= 0.3 is 5.97 Å². The number of rotatable bonds is 12. The van der Waals surface area contributed by atoms with E-state index in [1.165, 1.54) is 25.7 Å². The van der Waals surface area contributed by atoms with Crippen molar-refractivity contribution in [1.29, 1.82) is 0 Å². The van der Waals surface area contributed by atoms with Gasteiger partial charge in [-0.3, -0.25) is 9.59 Å². The van der Waals surface area contributed by atoms with Crippen molar-refractivity contribution in [2.75, 3.05) is 19.7 Å². The molecule has 0 aromatic rings. The van der Waals surface area contributed by atoms with E-state index in [0.29, 0.717) is 19.6 Å². The second-order valence-electron chi connectivity index (χ2n) is 6.38. The monoisotopic (exact) mass is 311 g/mol. The molecule has 22 heavy (non-hydrogen) atoms. The van der Waals surface area contributed by atoms with Crippen LogP contribution >= 0.6 is 0 Å². The Morgan fingerprint density at radius 3 is 2.41 bits per heavy atom. The fraction of sp³-hybridized carbons (Fsp3) is 0.889. The van der Waals surface area contributed by atoms with Gasteiger partial charge in [-0.05, 0) is 12.8 Å². The quantitative estimate of drug-likeness (QED) is 0.405. The highest BCUT2D eigenvalue weighted by Gasteiger charge is 2.34. The molecule has 1 unspecified atom stereocenters. The van der Waals surface area contributed by atoms with Crippen LogP contribution in [0.5, 0.6) is 0 Å². The molecule has 0 aromatic carbocycles. The van der Waals surface area contributed by atoms with Crippen molar-refractivity contribution in [3.05, 3.63) is 0 Å². The smallest absolute Gasteiger partial charge is 0.311 e. The molecule has 1 rings (SSSR count). The van der Waals surface area contributed by atoms with E-state index in [1.807, 2.05) is 4.90 Å². The number of likely N-dealkylation sites (tertiary alicyclic amines) is 1. The highest BCUT2D eigenvalue weighted by molar-refractivity contribution is 5.86. The second kappa shape index (κ2) is 11.5. The number of carbonyl (C=O) groups is 2. The van der Waals surface area contributed by atoms with E-state index in [0.717, 1.165) is 38.6 Å². The minimum atomic E-state index is -0.241. The van der Waals surface area contributed by atoms with Crippen molar-refractivity contribution in [3.63, 3.8) is 0 Å². The average molecular weight is 311 g/mol. The van der Waals surface area contributed by atoms with E-state index in [4.69, 9.17) is 4.74 Å². The summed E-state index contributed by atoms with van der Waals surface area (Å²) >= 11 is 0. The zero-order chi connectivity index (χ0) is 16.2. The maximum atomic E-state index is 12.0. The molecule has 1 aliphatic heterocycles. The number of esters is 1. The molecule has 4 heteroatoms. The lowest BCUT2D eigenvalue weighted by atomic mass is 10.1. The third-order valence-electron chi connectivity index (χ3n) is 4.32. The van der Waals surface area contributed by atoms with Gasteiger partial charge in [-0.2, -0.15) is 0 Å². The Morgan fingerprint density at radius 2 is 1.68 bits per heavy atom. The number of ether oxygens (including phenoxy) is 1. The first kappa shape index (κ1) is 19.0. The van der Waals surface area contributed by atoms with Crippen LogP contribution in [-0.2, 0) is 14.3 Å². The number of nitrogens with zero attached hydrogens (tertiary/aromatic N) is 1. The summed E-state index contributed by atoms with van der Waals surface area (Å²) in [5, 5.41) is 0. The maximum absolute atomic E-state index is 12.0. The van der Waals surface area contributed by atoms with E-state index in [-0.39, 0.29) is 17.8 Å². The maximum Gasteiger partial charge on any atom is 0.311 e. The molecule has 128 valence electrons. The largest absolute Gasteiger partial charge is 0.465 e. The summed E-state index contributed by atoms with van der Waals surface area (Å²) in [6, 6.07) is 0. The summed E-state index contributed by atoms with van der Waals surface area (Å²) in [6.45, 7) is 6.20. The molecule has 0 saturated carbocycles. The van der Waals surface area contributed by atoms with E-state index in [1.54, 1.807) is 0 Å². The highest BCUT2D eigenvalue weighted by Crippen LogP contribution is 2.20. The van der Waals surface area contributed by atoms with Crippen LogP contribution in [0, 0.1) is 5.92 Å². The first-order valence-electron chi connectivity index (χ1n) is 9.13. The molecule has 1 saturated heterocycles. The van der Waals surface area contributed by atoms with Crippen molar-refractivity contribution in [2.24, 2.45) is 5.92 Å². The number of amides is 1. The summed E-state index contributed by atoms with van der Waals surface area (Å²) < 4.78 is 5.34. The molecule has 1 atom stereocenters. The molecular formula is C18H33NO3. The molecule has 1 aliphatic rings. The Kier molecular flexibility index (Phi) is 9.93. The van der Waals surface area contributed by atoms with Crippen LogP contribution < -0.4 is 0 Å². The molecule has 0 N–H and O–H groups in total. The van der Waals surface area contributed by atoms with E-state index >= 15 is 0 Å². The topological polar surface area (TPSA) is 46.6 Å². The Balaban J connectivity index is 2.11. The zero-order valence-electron chi connectivity index (χ0n) is 14.4. The second-order valence-corrected chi connectivity index (χ2v) is 6.38. The van der Waals surface area contributed by atoms with Crippen molar-refractivity contribution in [3.8, 4) is 0 Å². The Morgan fingerprint density at radius 1 is 1.05 bits per heavy atom. The molecule has 0 aliphatic carbocycles.